The van der Waals surface area contributed by atoms with Crippen LogP contribution in [0.15, 0.2) is 65.6 Å². The Kier molecular flexibility index (Phi) is 10.7. The second kappa shape index (κ2) is 14.2. The number of pyridine rings is 1. The van der Waals surface area contributed by atoms with E-state index < -0.39 is 11.3 Å². The van der Waals surface area contributed by atoms with Crippen LogP contribution in [0.25, 0.3) is 0 Å². The zero-order valence-corrected chi connectivity index (χ0v) is 21.0. The third-order valence-electron chi connectivity index (χ3n) is 5.91. The summed E-state index contributed by atoms with van der Waals surface area (Å²) in [4.78, 5) is 29.2. The van der Waals surface area contributed by atoms with Crippen LogP contribution in [-0.4, -0.2) is 17.0 Å². The molecule has 1 atom stereocenters. The second-order valence-corrected chi connectivity index (χ2v) is 8.79. The van der Waals surface area contributed by atoms with Gasteiger partial charge < -0.3 is 19.8 Å². The van der Waals surface area contributed by atoms with Gasteiger partial charge >= 0.3 is 0 Å². The van der Waals surface area contributed by atoms with Crippen molar-refractivity contribution in [3.63, 3.8) is 0 Å². The number of hydrogen-bond donors (Lipinski definition) is 2. The number of hydrogen-bond acceptors (Lipinski definition) is 4. The third kappa shape index (κ3) is 8.05. The predicted molar refractivity (Wildman–Crippen MR) is 138 cm³/mol. The van der Waals surface area contributed by atoms with Crippen LogP contribution in [0, 0.1) is 5.82 Å². The number of rotatable bonds is 14. The van der Waals surface area contributed by atoms with Crippen LogP contribution in [0.3, 0.4) is 0 Å². The zero-order valence-electron chi connectivity index (χ0n) is 21.0. The van der Waals surface area contributed by atoms with Gasteiger partial charge in [0.15, 0.2) is 5.75 Å². The largest absolute Gasteiger partial charge is 0.483 e. The Hall–Kier alpha value is -3.45. The zero-order chi connectivity index (χ0) is 25.8. The molecule has 1 aromatic heterocycles. The Morgan fingerprint density at radius 3 is 2.42 bits per heavy atom. The van der Waals surface area contributed by atoms with Crippen LogP contribution >= 0.6 is 0 Å². The number of unbranched alkanes of at least 4 members (excludes halogenated alkanes) is 1. The molecule has 1 unspecified atom stereocenters. The van der Waals surface area contributed by atoms with E-state index in [4.69, 9.17) is 9.47 Å². The maximum Gasteiger partial charge on any atom is 0.257 e. The van der Waals surface area contributed by atoms with Crippen molar-refractivity contribution in [2.45, 2.75) is 71.8 Å². The number of nitrogens with one attached hydrogen (secondary N) is 2. The number of carbonyl (C=O) groups excluding carboxylic acids is 1. The smallest absolute Gasteiger partial charge is 0.257 e. The van der Waals surface area contributed by atoms with Gasteiger partial charge in [0.25, 0.3) is 5.91 Å². The van der Waals surface area contributed by atoms with Gasteiger partial charge in [0.05, 0.1) is 18.4 Å². The molecule has 0 aliphatic rings. The van der Waals surface area contributed by atoms with Crippen molar-refractivity contribution in [2.75, 3.05) is 0 Å². The van der Waals surface area contributed by atoms with E-state index in [0.29, 0.717) is 5.69 Å². The Balaban J connectivity index is 1.79. The van der Waals surface area contributed by atoms with E-state index in [9.17, 15) is 14.0 Å². The van der Waals surface area contributed by atoms with Crippen molar-refractivity contribution in [3.8, 4) is 5.75 Å². The molecule has 192 valence electrons. The van der Waals surface area contributed by atoms with Crippen molar-refractivity contribution >= 4 is 5.91 Å². The molecule has 1 amide bonds. The maximum absolute atomic E-state index is 13.3. The Morgan fingerprint density at radius 2 is 1.72 bits per heavy atom. The van der Waals surface area contributed by atoms with Crippen molar-refractivity contribution in [1.82, 2.24) is 10.3 Å². The molecule has 0 saturated heterocycles. The number of carbonyl (C=O) groups is 1. The van der Waals surface area contributed by atoms with Crippen LogP contribution in [0.2, 0.25) is 0 Å². The summed E-state index contributed by atoms with van der Waals surface area (Å²) in [5, 5.41) is 2.72. The maximum atomic E-state index is 13.3. The lowest BCUT2D eigenvalue weighted by atomic mass is 10.1. The molecular formula is C29H35FN2O4. The quantitative estimate of drug-likeness (QED) is 0.292. The molecule has 1 heterocycles. The average molecular weight is 495 g/mol. The molecule has 0 radical (unpaired) electrons. The third-order valence-corrected chi connectivity index (χ3v) is 5.91. The molecule has 6 nitrogen and oxygen atoms in total. The van der Waals surface area contributed by atoms with E-state index in [1.807, 2.05) is 30.3 Å². The summed E-state index contributed by atoms with van der Waals surface area (Å²) in [6.07, 6.45) is 6.57. The van der Waals surface area contributed by atoms with E-state index in [1.165, 1.54) is 18.3 Å². The number of H-pyrrole nitrogens is 1. The van der Waals surface area contributed by atoms with Crippen molar-refractivity contribution in [3.05, 3.63) is 99.2 Å². The molecule has 3 aromatic rings. The van der Waals surface area contributed by atoms with Crippen LogP contribution in [-0.2, 0) is 24.5 Å². The summed E-state index contributed by atoms with van der Waals surface area (Å²) in [6, 6.07) is 15.3. The Bertz CT molecular complexity index is 1150. The Morgan fingerprint density at radius 1 is 0.972 bits per heavy atom. The van der Waals surface area contributed by atoms with Gasteiger partial charge in [-0.05, 0) is 36.1 Å². The number of ether oxygens (including phenoxy) is 2. The van der Waals surface area contributed by atoms with Crippen molar-refractivity contribution in [1.29, 1.82) is 0 Å². The number of halogens is 1. The van der Waals surface area contributed by atoms with Gasteiger partial charge in [-0.15, -0.1) is 0 Å². The van der Waals surface area contributed by atoms with Gasteiger partial charge in [-0.25, -0.2) is 4.39 Å². The number of aromatic amines is 1. The normalized spacial score (nSPS) is 11.8. The molecule has 2 N–H and O–H groups in total. The monoisotopic (exact) mass is 494 g/mol. The van der Waals surface area contributed by atoms with Crippen molar-refractivity contribution in [2.24, 2.45) is 0 Å². The summed E-state index contributed by atoms with van der Waals surface area (Å²) < 4.78 is 25.2. The van der Waals surface area contributed by atoms with Crippen LogP contribution in [0.4, 0.5) is 4.39 Å². The van der Waals surface area contributed by atoms with Gasteiger partial charge in [0.1, 0.15) is 18.0 Å². The molecule has 2 aromatic carbocycles. The summed E-state index contributed by atoms with van der Waals surface area (Å²) in [6.45, 7) is 4.81. The molecule has 0 aliphatic carbocycles. The highest BCUT2D eigenvalue weighted by molar-refractivity contribution is 5.94. The van der Waals surface area contributed by atoms with Gasteiger partial charge in [-0.1, -0.05) is 75.6 Å². The van der Waals surface area contributed by atoms with Crippen LogP contribution in [0.5, 0.6) is 5.75 Å². The van der Waals surface area contributed by atoms with Gasteiger partial charge in [-0.2, -0.15) is 0 Å². The Labute approximate surface area is 211 Å². The van der Waals surface area contributed by atoms with Gasteiger partial charge in [0.2, 0.25) is 5.43 Å². The highest BCUT2D eigenvalue weighted by atomic mass is 19.1. The molecule has 0 bridgehead atoms. The minimum Gasteiger partial charge on any atom is -0.483 e. The molecular weight excluding hydrogens is 459 g/mol. The molecule has 0 fully saturated rings. The van der Waals surface area contributed by atoms with E-state index in [-0.39, 0.29) is 43.0 Å². The fourth-order valence-electron chi connectivity index (χ4n) is 3.85. The SMILES string of the molecule is CCCCC(CCC)OCc1[nH]cc(C(=O)NCc2ccc(F)cc2)c(=O)c1OCc1ccccc1. The minimum atomic E-state index is -0.538. The first-order valence-corrected chi connectivity index (χ1v) is 12.6. The molecule has 36 heavy (non-hydrogen) atoms. The molecule has 0 saturated carbocycles. The van der Waals surface area contributed by atoms with Crippen LogP contribution < -0.4 is 15.5 Å². The first-order chi connectivity index (χ1) is 17.5. The summed E-state index contributed by atoms with van der Waals surface area (Å²) >= 11 is 0. The number of amides is 1. The molecule has 0 aliphatic heterocycles. The molecule has 3 rings (SSSR count). The summed E-state index contributed by atoms with van der Waals surface area (Å²) in [5.74, 6) is -0.807. The van der Waals surface area contributed by atoms with Crippen LogP contribution in [0.1, 0.15) is 73.1 Å². The summed E-state index contributed by atoms with van der Waals surface area (Å²) in [5.41, 5.74) is 1.58. The summed E-state index contributed by atoms with van der Waals surface area (Å²) in [7, 11) is 0. The van der Waals surface area contributed by atoms with E-state index in [1.54, 1.807) is 12.1 Å². The lowest BCUT2D eigenvalue weighted by Crippen LogP contribution is -2.30. The molecule has 7 heteroatoms. The van der Waals surface area contributed by atoms with E-state index >= 15 is 0 Å². The lowest BCUT2D eigenvalue weighted by Gasteiger charge is -2.19. The standard InChI is InChI=1S/C29H35FN2O4/c1-3-5-12-24(9-4-2)35-20-26-28(36-19-22-10-7-6-8-11-22)27(33)25(18-31-26)29(34)32-17-21-13-15-23(30)16-14-21/h6-8,10-11,13-16,18,24H,3-5,9,12,17,19-20H2,1-2H3,(H,31,33)(H,32,34). The lowest BCUT2D eigenvalue weighted by molar-refractivity contribution is 0.0244. The topological polar surface area (TPSA) is 80.4 Å². The fourth-order valence-corrected chi connectivity index (χ4v) is 3.85. The minimum absolute atomic E-state index is 0.0555. The predicted octanol–water partition coefficient (Wildman–Crippen LogP) is 5.90. The highest BCUT2D eigenvalue weighted by Crippen LogP contribution is 2.19. The first-order valence-electron chi connectivity index (χ1n) is 12.6. The average Bonchev–Trinajstić information content (AvgIpc) is 2.89. The van der Waals surface area contributed by atoms with Gasteiger partial charge in [-0.3, -0.25) is 9.59 Å². The number of aromatic nitrogens is 1. The highest BCUT2D eigenvalue weighted by Gasteiger charge is 2.20. The van der Waals surface area contributed by atoms with E-state index in [2.05, 4.69) is 24.1 Å². The fraction of sp³-hybridized carbons (Fsp3) is 0.379. The first kappa shape index (κ1) is 27.1. The van der Waals surface area contributed by atoms with Crippen molar-refractivity contribution < 1.29 is 18.7 Å². The van der Waals surface area contributed by atoms with Gasteiger partial charge in [0, 0.05) is 12.7 Å². The number of benzene rings is 2. The van der Waals surface area contributed by atoms with E-state index in [0.717, 1.165) is 43.2 Å². The molecule has 0 spiro atoms. The second-order valence-electron chi connectivity index (χ2n) is 8.79.